The molecule has 2 nitrogen and oxygen atoms in total. The molecule has 1 rings (SSSR count). The van der Waals surface area contributed by atoms with Crippen molar-refractivity contribution in [2.45, 2.75) is 12.8 Å². The van der Waals surface area contributed by atoms with Gasteiger partial charge < -0.3 is 11.1 Å². The van der Waals surface area contributed by atoms with Gasteiger partial charge >= 0.3 is 0 Å². The molecule has 0 radical (unpaired) electrons. The van der Waals surface area contributed by atoms with Gasteiger partial charge in [-0.15, -0.1) is 0 Å². The van der Waals surface area contributed by atoms with Crippen LogP contribution in [0.15, 0.2) is 35.7 Å². The molecule has 0 aromatic heterocycles. The Balaban J connectivity index is 2.69. The van der Waals surface area contributed by atoms with E-state index in [1.54, 1.807) is 0 Å². The van der Waals surface area contributed by atoms with Crippen molar-refractivity contribution in [3.63, 3.8) is 0 Å². The van der Waals surface area contributed by atoms with Gasteiger partial charge in [0.25, 0.3) is 0 Å². The van der Waals surface area contributed by atoms with E-state index in [0.717, 1.165) is 18.5 Å². The van der Waals surface area contributed by atoms with Crippen molar-refractivity contribution in [1.82, 2.24) is 5.32 Å². The normalized spacial score (nSPS) is 30.3. The van der Waals surface area contributed by atoms with Crippen LogP contribution in [0.5, 0.6) is 0 Å². The topological polar surface area (TPSA) is 38.0 Å². The van der Waals surface area contributed by atoms with Crippen molar-refractivity contribution >= 4 is 0 Å². The highest BCUT2D eigenvalue weighted by Gasteiger charge is 1.93. The summed E-state index contributed by atoms with van der Waals surface area (Å²) >= 11 is 0. The van der Waals surface area contributed by atoms with Gasteiger partial charge in [-0.25, -0.2) is 0 Å². The highest BCUT2D eigenvalue weighted by Crippen LogP contribution is 2.06. The van der Waals surface area contributed by atoms with Crippen molar-refractivity contribution in [3.05, 3.63) is 35.7 Å². The molecule has 1 aliphatic carbocycles. The SMILES string of the molecule is CN/C1=C\C=C/C/C(N)=C/C1. The Morgan fingerprint density at radius 3 is 3.00 bits per heavy atom. The van der Waals surface area contributed by atoms with Crippen LogP contribution in [-0.2, 0) is 0 Å². The first-order valence-corrected chi connectivity index (χ1v) is 3.81. The maximum atomic E-state index is 5.68. The molecule has 0 amide bonds. The molecular weight excluding hydrogens is 136 g/mol. The molecule has 11 heavy (non-hydrogen) atoms. The lowest BCUT2D eigenvalue weighted by Crippen LogP contribution is -2.06. The smallest absolute Gasteiger partial charge is 0.0143 e. The molecule has 0 atom stereocenters. The third-order valence-electron chi connectivity index (χ3n) is 1.69. The Kier molecular flexibility index (Phi) is 2.78. The lowest BCUT2D eigenvalue weighted by atomic mass is 10.1. The number of nitrogens with two attached hydrogens (primary N) is 1. The molecule has 0 fully saturated rings. The average molecular weight is 150 g/mol. The minimum atomic E-state index is 0.869. The fraction of sp³-hybridized carbons (Fsp3) is 0.333. The van der Waals surface area contributed by atoms with Gasteiger partial charge in [-0.2, -0.15) is 0 Å². The Hall–Kier alpha value is -1.18. The molecular formula is C9H14N2. The molecule has 0 aromatic rings. The molecule has 60 valence electrons. The zero-order chi connectivity index (χ0) is 8.10. The van der Waals surface area contributed by atoms with E-state index < -0.39 is 0 Å². The first-order chi connectivity index (χ1) is 5.33. The van der Waals surface area contributed by atoms with Crippen molar-refractivity contribution in [1.29, 1.82) is 0 Å². The van der Waals surface area contributed by atoms with Gasteiger partial charge in [0.15, 0.2) is 0 Å². The Morgan fingerprint density at radius 2 is 2.27 bits per heavy atom. The van der Waals surface area contributed by atoms with E-state index in [1.807, 2.05) is 19.2 Å². The molecule has 0 bridgehead atoms. The molecule has 0 aliphatic heterocycles. The largest absolute Gasteiger partial charge is 0.402 e. The molecule has 1 aliphatic rings. The maximum absolute atomic E-state index is 5.68. The summed E-state index contributed by atoms with van der Waals surface area (Å²) in [5.74, 6) is 0. The number of nitrogens with one attached hydrogen (secondary N) is 1. The molecule has 2 heteroatoms. The summed E-state index contributed by atoms with van der Waals surface area (Å²) in [4.78, 5) is 0. The first-order valence-electron chi connectivity index (χ1n) is 3.81. The van der Waals surface area contributed by atoms with E-state index in [9.17, 15) is 0 Å². The van der Waals surface area contributed by atoms with E-state index in [0.29, 0.717) is 0 Å². The van der Waals surface area contributed by atoms with Crippen LogP contribution in [0.4, 0.5) is 0 Å². The van der Waals surface area contributed by atoms with Gasteiger partial charge in [0.05, 0.1) is 0 Å². The summed E-state index contributed by atoms with van der Waals surface area (Å²) in [7, 11) is 1.92. The van der Waals surface area contributed by atoms with E-state index in [2.05, 4.69) is 17.5 Å². The minimum Gasteiger partial charge on any atom is -0.402 e. The summed E-state index contributed by atoms with van der Waals surface area (Å²) < 4.78 is 0. The number of allylic oxidation sites excluding steroid dienone is 4. The Bertz CT molecular complexity index is 212. The lowest BCUT2D eigenvalue weighted by Gasteiger charge is -2.05. The van der Waals surface area contributed by atoms with Crippen LogP contribution < -0.4 is 11.1 Å². The second-order valence-electron chi connectivity index (χ2n) is 2.56. The summed E-state index contributed by atoms with van der Waals surface area (Å²) in [6.45, 7) is 0. The van der Waals surface area contributed by atoms with E-state index in [-0.39, 0.29) is 0 Å². The van der Waals surface area contributed by atoms with E-state index in [4.69, 9.17) is 5.73 Å². The van der Waals surface area contributed by atoms with Crippen LogP contribution in [-0.4, -0.2) is 7.05 Å². The maximum Gasteiger partial charge on any atom is 0.0143 e. The van der Waals surface area contributed by atoms with Crippen LogP contribution in [0.2, 0.25) is 0 Å². The molecule has 0 aromatic carbocycles. The van der Waals surface area contributed by atoms with Crippen LogP contribution >= 0.6 is 0 Å². The molecule has 0 saturated heterocycles. The average Bonchev–Trinajstić information content (AvgIpc) is 1.98. The van der Waals surface area contributed by atoms with Crippen LogP contribution in [0.3, 0.4) is 0 Å². The predicted octanol–water partition coefficient (Wildman–Crippen LogP) is 1.28. The summed E-state index contributed by atoms with van der Waals surface area (Å²) in [5.41, 5.74) is 7.82. The fourth-order valence-electron chi connectivity index (χ4n) is 0.966. The first kappa shape index (κ1) is 7.92. The van der Waals surface area contributed by atoms with Gasteiger partial charge in [0, 0.05) is 31.3 Å². The van der Waals surface area contributed by atoms with E-state index in [1.165, 1.54) is 5.70 Å². The molecule has 3 N–H and O–H groups in total. The van der Waals surface area contributed by atoms with Gasteiger partial charge in [0.2, 0.25) is 0 Å². The second kappa shape index (κ2) is 3.86. The Labute approximate surface area is 67.5 Å². The van der Waals surface area contributed by atoms with Gasteiger partial charge in [0.1, 0.15) is 0 Å². The third kappa shape index (κ3) is 2.50. The van der Waals surface area contributed by atoms with Gasteiger partial charge in [-0.1, -0.05) is 18.2 Å². The van der Waals surface area contributed by atoms with E-state index >= 15 is 0 Å². The highest BCUT2D eigenvalue weighted by atomic mass is 14.8. The zero-order valence-electron chi connectivity index (χ0n) is 6.80. The van der Waals surface area contributed by atoms with Crippen molar-refractivity contribution in [2.75, 3.05) is 7.05 Å². The standard InChI is InChI=1S/C9H14N2/c1-11-9-5-3-2-4-8(10)6-7-9/h2-3,5-6,11H,4,7,10H2,1H3/b3-2-,8-6-,9-5-. The summed E-state index contributed by atoms with van der Waals surface area (Å²) in [5, 5.41) is 3.10. The molecule has 0 saturated carbocycles. The van der Waals surface area contributed by atoms with Crippen LogP contribution in [0.25, 0.3) is 0 Å². The lowest BCUT2D eigenvalue weighted by molar-refractivity contribution is 0.925. The number of hydrogen-bond donors (Lipinski definition) is 2. The molecule has 0 heterocycles. The quantitative estimate of drug-likeness (QED) is 0.591. The van der Waals surface area contributed by atoms with Crippen LogP contribution in [0.1, 0.15) is 12.8 Å². The second-order valence-corrected chi connectivity index (χ2v) is 2.56. The summed E-state index contributed by atoms with van der Waals surface area (Å²) in [6.07, 6.45) is 9.99. The highest BCUT2D eigenvalue weighted by molar-refractivity contribution is 5.19. The third-order valence-corrected chi connectivity index (χ3v) is 1.69. The Morgan fingerprint density at radius 1 is 1.45 bits per heavy atom. The fourth-order valence-corrected chi connectivity index (χ4v) is 0.966. The van der Waals surface area contributed by atoms with Crippen molar-refractivity contribution in [2.24, 2.45) is 5.73 Å². The molecule has 0 spiro atoms. The zero-order valence-corrected chi connectivity index (χ0v) is 6.80. The van der Waals surface area contributed by atoms with Crippen molar-refractivity contribution < 1.29 is 0 Å². The summed E-state index contributed by atoms with van der Waals surface area (Å²) in [6, 6.07) is 0. The number of rotatable bonds is 1. The van der Waals surface area contributed by atoms with Crippen LogP contribution in [0, 0.1) is 0 Å². The monoisotopic (exact) mass is 150 g/mol. The van der Waals surface area contributed by atoms with Crippen molar-refractivity contribution in [3.8, 4) is 0 Å². The van der Waals surface area contributed by atoms with Gasteiger partial charge in [-0.05, 0) is 6.08 Å². The van der Waals surface area contributed by atoms with Gasteiger partial charge in [-0.3, -0.25) is 0 Å². The molecule has 0 unspecified atom stereocenters. The predicted molar refractivity (Wildman–Crippen MR) is 47.8 cm³/mol. The number of hydrogen-bond acceptors (Lipinski definition) is 2. The minimum absolute atomic E-state index is 0.869.